The number of hydrogen-bond donors (Lipinski definition) is 0. The molecule has 1 spiro atoms. The average molecular weight is 295 g/mol. The summed E-state index contributed by atoms with van der Waals surface area (Å²) in [5.41, 5.74) is 1.31. The van der Waals surface area contributed by atoms with Crippen LogP contribution in [0.25, 0.3) is 0 Å². The molecule has 1 aromatic rings. The number of thiophene rings is 1. The quantitative estimate of drug-likeness (QED) is 0.858. The van der Waals surface area contributed by atoms with Gasteiger partial charge in [0.1, 0.15) is 12.2 Å². The topological polar surface area (TPSA) is 38.8 Å². The van der Waals surface area contributed by atoms with Gasteiger partial charge < -0.3 is 14.4 Å². The standard InChI is InChI=1S/C15H21NO3S/c1-2-18-11-13(17)16-7-5-15(6-8-16)14-12(3-9-19-15)4-10-20-14/h4,10H,2-3,5-9,11H2,1H3. The van der Waals surface area contributed by atoms with Gasteiger partial charge in [0.05, 0.1) is 6.61 Å². The number of nitrogens with zero attached hydrogens (tertiary/aromatic N) is 1. The van der Waals surface area contributed by atoms with E-state index < -0.39 is 0 Å². The molecule has 1 amide bonds. The first-order chi connectivity index (χ1) is 9.75. The molecule has 0 radical (unpaired) electrons. The molecule has 0 atom stereocenters. The number of ether oxygens (including phenoxy) is 2. The SMILES string of the molecule is CCOCC(=O)N1CCC2(CC1)OCCc1ccsc12. The Balaban J connectivity index is 1.66. The van der Waals surface area contributed by atoms with Crippen LogP contribution in [0, 0.1) is 0 Å². The van der Waals surface area contributed by atoms with Crippen molar-refractivity contribution in [1.82, 2.24) is 4.90 Å². The van der Waals surface area contributed by atoms with E-state index in [1.54, 1.807) is 11.3 Å². The summed E-state index contributed by atoms with van der Waals surface area (Å²) in [6, 6.07) is 2.22. The Morgan fingerprint density at radius 2 is 2.30 bits per heavy atom. The highest BCUT2D eigenvalue weighted by Crippen LogP contribution is 2.44. The molecule has 1 aromatic heterocycles. The Morgan fingerprint density at radius 1 is 1.50 bits per heavy atom. The maximum absolute atomic E-state index is 12.0. The zero-order chi connectivity index (χ0) is 14.0. The number of carbonyl (C=O) groups is 1. The summed E-state index contributed by atoms with van der Waals surface area (Å²) in [5.74, 6) is 0.101. The van der Waals surface area contributed by atoms with Crippen molar-refractivity contribution in [1.29, 1.82) is 0 Å². The minimum atomic E-state index is -0.135. The van der Waals surface area contributed by atoms with Crippen molar-refractivity contribution in [3.8, 4) is 0 Å². The van der Waals surface area contributed by atoms with E-state index in [2.05, 4.69) is 11.4 Å². The molecule has 2 aliphatic heterocycles. The van der Waals surface area contributed by atoms with Gasteiger partial charge in [0.25, 0.3) is 0 Å². The van der Waals surface area contributed by atoms with Crippen LogP contribution in [0.15, 0.2) is 11.4 Å². The van der Waals surface area contributed by atoms with Crippen molar-refractivity contribution in [3.05, 3.63) is 21.9 Å². The van der Waals surface area contributed by atoms with Gasteiger partial charge in [0, 0.05) is 24.6 Å². The van der Waals surface area contributed by atoms with Gasteiger partial charge in [0.15, 0.2) is 0 Å². The predicted molar refractivity (Wildman–Crippen MR) is 78.0 cm³/mol. The molecule has 110 valence electrons. The van der Waals surface area contributed by atoms with Gasteiger partial charge in [0.2, 0.25) is 5.91 Å². The highest BCUT2D eigenvalue weighted by Gasteiger charge is 2.42. The molecular formula is C15H21NO3S. The van der Waals surface area contributed by atoms with Crippen LogP contribution < -0.4 is 0 Å². The molecule has 0 N–H and O–H groups in total. The van der Waals surface area contributed by atoms with E-state index in [4.69, 9.17) is 9.47 Å². The van der Waals surface area contributed by atoms with Crippen LogP contribution in [-0.4, -0.2) is 43.7 Å². The zero-order valence-corrected chi connectivity index (χ0v) is 12.7. The lowest BCUT2D eigenvalue weighted by molar-refractivity contribution is -0.144. The molecule has 3 rings (SSSR count). The molecule has 0 aromatic carbocycles. The normalized spacial score (nSPS) is 20.9. The minimum Gasteiger partial charge on any atom is -0.372 e. The van der Waals surface area contributed by atoms with Gasteiger partial charge in [-0.05, 0) is 43.2 Å². The molecular weight excluding hydrogens is 274 g/mol. The number of amides is 1. The molecule has 0 unspecified atom stereocenters. The van der Waals surface area contributed by atoms with E-state index in [0.29, 0.717) is 6.61 Å². The first kappa shape index (κ1) is 14.0. The Kier molecular flexibility index (Phi) is 4.10. The average Bonchev–Trinajstić information content (AvgIpc) is 2.96. The number of fused-ring (bicyclic) bond motifs is 2. The second kappa shape index (κ2) is 5.84. The van der Waals surface area contributed by atoms with Gasteiger partial charge in [-0.15, -0.1) is 11.3 Å². The van der Waals surface area contributed by atoms with Gasteiger partial charge in [-0.3, -0.25) is 4.79 Å². The number of likely N-dealkylation sites (tertiary alicyclic amines) is 1. The van der Waals surface area contributed by atoms with E-state index in [-0.39, 0.29) is 18.1 Å². The maximum atomic E-state index is 12.0. The second-order valence-electron chi connectivity index (χ2n) is 5.39. The smallest absolute Gasteiger partial charge is 0.248 e. The first-order valence-electron chi connectivity index (χ1n) is 7.31. The van der Waals surface area contributed by atoms with Crippen LogP contribution in [-0.2, 0) is 26.3 Å². The van der Waals surface area contributed by atoms with Crippen molar-refractivity contribution in [2.24, 2.45) is 0 Å². The Labute approximate surface area is 123 Å². The van der Waals surface area contributed by atoms with Gasteiger partial charge >= 0.3 is 0 Å². The fourth-order valence-electron chi connectivity index (χ4n) is 3.12. The Hall–Kier alpha value is -0.910. The summed E-state index contributed by atoms with van der Waals surface area (Å²) in [4.78, 5) is 15.3. The summed E-state index contributed by atoms with van der Waals surface area (Å²) in [6.45, 7) is 5.04. The van der Waals surface area contributed by atoms with Crippen molar-refractivity contribution in [2.75, 3.05) is 32.9 Å². The monoisotopic (exact) mass is 295 g/mol. The van der Waals surface area contributed by atoms with Crippen molar-refractivity contribution in [3.63, 3.8) is 0 Å². The van der Waals surface area contributed by atoms with Crippen molar-refractivity contribution in [2.45, 2.75) is 31.8 Å². The molecule has 0 aliphatic carbocycles. The molecule has 4 nitrogen and oxygen atoms in total. The lowest BCUT2D eigenvalue weighted by Gasteiger charge is -2.43. The minimum absolute atomic E-state index is 0.101. The molecule has 1 fully saturated rings. The Bertz CT molecular complexity index is 477. The lowest BCUT2D eigenvalue weighted by atomic mass is 9.85. The summed E-state index contributed by atoms with van der Waals surface area (Å²) < 4.78 is 11.4. The number of hydrogen-bond acceptors (Lipinski definition) is 4. The third kappa shape index (κ3) is 2.50. The number of rotatable bonds is 3. The highest BCUT2D eigenvalue weighted by molar-refractivity contribution is 7.10. The maximum Gasteiger partial charge on any atom is 0.248 e. The number of carbonyl (C=O) groups excluding carboxylic acids is 1. The van der Waals surface area contributed by atoms with E-state index >= 15 is 0 Å². The highest BCUT2D eigenvalue weighted by atomic mass is 32.1. The zero-order valence-electron chi connectivity index (χ0n) is 11.9. The van der Waals surface area contributed by atoms with E-state index in [0.717, 1.165) is 39.0 Å². The van der Waals surface area contributed by atoms with Crippen LogP contribution in [0.3, 0.4) is 0 Å². The van der Waals surface area contributed by atoms with E-state index in [9.17, 15) is 4.79 Å². The fraction of sp³-hybridized carbons (Fsp3) is 0.667. The molecule has 0 saturated carbocycles. The molecule has 0 bridgehead atoms. The fourth-order valence-corrected chi connectivity index (χ4v) is 4.29. The van der Waals surface area contributed by atoms with Gasteiger partial charge in [-0.2, -0.15) is 0 Å². The summed E-state index contributed by atoms with van der Waals surface area (Å²) in [5, 5.41) is 2.16. The first-order valence-corrected chi connectivity index (χ1v) is 8.19. The predicted octanol–water partition coefficient (Wildman–Crippen LogP) is 2.17. The summed E-state index contributed by atoms with van der Waals surface area (Å²) in [7, 11) is 0. The second-order valence-corrected chi connectivity index (χ2v) is 6.30. The van der Waals surface area contributed by atoms with Gasteiger partial charge in [-0.1, -0.05) is 0 Å². The molecule has 1 saturated heterocycles. The summed E-state index contributed by atoms with van der Waals surface area (Å²) >= 11 is 1.80. The largest absolute Gasteiger partial charge is 0.372 e. The molecule has 5 heteroatoms. The van der Waals surface area contributed by atoms with Crippen LogP contribution in [0.4, 0.5) is 0 Å². The van der Waals surface area contributed by atoms with Crippen LogP contribution in [0.2, 0.25) is 0 Å². The third-order valence-electron chi connectivity index (χ3n) is 4.26. The van der Waals surface area contributed by atoms with Crippen LogP contribution in [0.5, 0.6) is 0 Å². The van der Waals surface area contributed by atoms with Gasteiger partial charge in [-0.25, -0.2) is 0 Å². The van der Waals surface area contributed by atoms with E-state index in [1.807, 2.05) is 11.8 Å². The Morgan fingerprint density at radius 3 is 3.05 bits per heavy atom. The van der Waals surface area contributed by atoms with Crippen molar-refractivity contribution < 1.29 is 14.3 Å². The third-order valence-corrected chi connectivity index (χ3v) is 5.41. The van der Waals surface area contributed by atoms with Crippen LogP contribution in [0.1, 0.15) is 30.2 Å². The molecule has 3 heterocycles. The van der Waals surface area contributed by atoms with E-state index in [1.165, 1.54) is 10.4 Å². The van der Waals surface area contributed by atoms with Crippen LogP contribution >= 0.6 is 11.3 Å². The molecule has 2 aliphatic rings. The van der Waals surface area contributed by atoms with Crippen molar-refractivity contribution >= 4 is 17.2 Å². The molecule has 20 heavy (non-hydrogen) atoms. The lowest BCUT2D eigenvalue weighted by Crippen LogP contribution is -2.48. The number of piperidine rings is 1. The summed E-state index contributed by atoms with van der Waals surface area (Å²) in [6.07, 6.45) is 2.82.